The minimum absolute atomic E-state index is 0.623. The molecule has 0 spiro atoms. The van der Waals surface area contributed by atoms with E-state index in [9.17, 15) is 0 Å². The van der Waals surface area contributed by atoms with Crippen LogP contribution in [0.3, 0.4) is 0 Å². The van der Waals surface area contributed by atoms with Gasteiger partial charge in [0.2, 0.25) is 0 Å². The second-order valence-electron chi connectivity index (χ2n) is 13.6. The Labute approximate surface area is 310 Å². The molecule has 252 valence electrons. The summed E-state index contributed by atoms with van der Waals surface area (Å²) >= 11 is 0. The van der Waals surface area contributed by atoms with Gasteiger partial charge in [-0.1, -0.05) is 146 Å². The molecule has 0 unspecified atom stereocenters. The van der Waals surface area contributed by atoms with E-state index in [2.05, 4.69) is 120 Å². The molecule has 3 heterocycles. The van der Waals surface area contributed by atoms with E-state index in [0.717, 1.165) is 61.0 Å². The van der Waals surface area contributed by atoms with E-state index >= 15 is 0 Å². The highest BCUT2D eigenvalue weighted by Crippen LogP contribution is 2.43. The lowest BCUT2D eigenvalue weighted by molar-refractivity contribution is 0.670. The van der Waals surface area contributed by atoms with Crippen LogP contribution in [0.4, 0.5) is 0 Å². The second kappa shape index (κ2) is 12.1. The minimum atomic E-state index is 0.623. The molecule has 0 aliphatic carbocycles. The third-order valence-electron chi connectivity index (χ3n) is 10.4. The molecule has 0 atom stereocenters. The molecule has 3 aromatic heterocycles. The van der Waals surface area contributed by atoms with Gasteiger partial charge in [0.05, 0.1) is 22.1 Å². The second-order valence-corrected chi connectivity index (χ2v) is 13.6. The average Bonchev–Trinajstić information content (AvgIpc) is 3.79. The van der Waals surface area contributed by atoms with Gasteiger partial charge < -0.3 is 8.98 Å². The summed E-state index contributed by atoms with van der Waals surface area (Å²) < 4.78 is 9.18. The summed E-state index contributed by atoms with van der Waals surface area (Å²) in [5.41, 5.74) is 9.99. The van der Waals surface area contributed by atoms with Crippen LogP contribution in [0.2, 0.25) is 0 Å². The number of furan rings is 1. The van der Waals surface area contributed by atoms with Gasteiger partial charge in [-0.15, -0.1) is 0 Å². The van der Waals surface area contributed by atoms with Crippen LogP contribution in [-0.2, 0) is 0 Å². The zero-order chi connectivity index (χ0) is 35.6. The first kappa shape index (κ1) is 30.3. The van der Waals surface area contributed by atoms with Crippen molar-refractivity contribution in [3.8, 4) is 51.0 Å². The fourth-order valence-corrected chi connectivity index (χ4v) is 7.88. The first-order valence-electron chi connectivity index (χ1n) is 18.1. The molecule has 0 saturated heterocycles. The summed E-state index contributed by atoms with van der Waals surface area (Å²) in [6.45, 7) is 0. The van der Waals surface area contributed by atoms with Crippen molar-refractivity contribution in [1.29, 1.82) is 0 Å². The smallest absolute Gasteiger partial charge is 0.164 e. The Balaban J connectivity index is 1.09. The van der Waals surface area contributed by atoms with Crippen molar-refractivity contribution in [2.75, 3.05) is 0 Å². The van der Waals surface area contributed by atoms with Crippen molar-refractivity contribution in [1.82, 2.24) is 19.5 Å². The third kappa shape index (κ3) is 4.83. The predicted octanol–water partition coefficient (Wildman–Crippen LogP) is 12.7. The lowest BCUT2D eigenvalue weighted by atomic mass is 9.99. The van der Waals surface area contributed by atoms with Gasteiger partial charge in [0, 0.05) is 38.4 Å². The number of hydrogen-bond donors (Lipinski definition) is 0. The van der Waals surface area contributed by atoms with Gasteiger partial charge in [-0.2, -0.15) is 0 Å². The van der Waals surface area contributed by atoms with Gasteiger partial charge in [0.1, 0.15) is 11.2 Å². The summed E-state index contributed by atoms with van der Waals surface area (Å²) in [4.78, 5) is 14.8. The number of nitrogens with zero attached hydrogens (tertiary/aromatic N) is 4. The standard InChI is InChI=1S/C49H30N4O/c1-3-13-32(14-4-1)47-50-48(33-15-5-2-6-16-33)52-49(51-47)34-25-23-31(24-26-34)37-27-28-42(45-39-20-10-12-22-44(39)54-46(37)45)53-41-21-11-9-19-38(41)40-29-35-17-7-8-18-36(35)30-43(40)53/h1-30H. The molecule has 11 aromatic rings. The fraction of sp³-hybridized carbons (Fsp3) is 0. The van der Waals surface area contributed by atoms with E-state index in [4.69, 9.17) is 19.4 Å². The zero-order valence-electron chi connectivity index (χ0n) is 29.0. The molecule has 0 radical (unpaired) electrons. The van der Waals surface area contributed by atoms with Crippen molar-refractivity contribution in [3.05, 3.63) is 182 Å². The van der Waals surface area contributed by atoms with Crippen LogP contribution in [0.25, 0.3) is 105 Å². The molecule has 0 saturated carbocycles. The Kier molecular flexibility index (Phi) is 6.79. The minimum Gasteiger partial charge on any atom is -0.455 e. The number of para-hydroxylation sites is 2. The first-order chi connectivity index (χ1) is 26.8. The molecule has 0 aliphatic rings. The Morgan fingerprint density at radius 3 is 1.61 bits per heavy atom. The Hall–Kier alpha value is -7.37. The van der Waals surface area contributed by atoms with Crippen molar-refractivity contribution < 1.29 is 4.42 Å². The van der Waals surface area contributed by atoms with Gasteiger partial charge >= 0.3 is 0 Å². The molecule has 8 aromatic carbocycles. The van der Waals surface area contributed by atoms with Crippen molar-refractivity contribution >= 4 is 54.5 Å². The summed E-state index contributed by atoms with van der Waals surface area (Å²) in [5.74, 6) is 1.90. The lowest BCUT2D eigenvalue weighted by Gasteiger charge is -2.13. The van der Waals surface area contributed by atoms with Gasteiger partial charge in [-0.05, 0) is 52.7 Å². The maximum absolute atomic E-state index is 6.77. The molecule has 0 bridgehead atoms. The molecule has 5 nitrogen and oxygen atoms in total. The third-order valence-corrected chi connectivity index (χ3v) is 10.4. The van der Waals surface area contributed by atoms with Crippen LogP contribution < -0.4 is 0 Å². The highest BCUT2D eigenvalue weighted by molar-refractivity contribution is 6.18. The van der Waals surface area contributed by atoms with Crippen LogP contribution in [0, 0.1) is 0 Å². The van der Waals surface area contributed by atoms with E-state index in [-0.39, 0.29) is 0 Å². The molecule has 11 rings (SSSR count). The Morgan fingerprint density at radius 2 is 0.926 bits per heavy atom. The topological polar surface area (TPSA) is 56.7 Å². The molecule has 0 fully saturated rings. The number of benzene rings is 8. The summed E-state index contributed by atoms with van der Waals surface area (Å²) in [7, 11) is 0. The Morgan fingerprint density at radius 1 is 0.389 bits per heavy atom. The molecule has 0 amide bonds. The van der Waals surface area contributed by atoms with Crippen molar-refractivity contribution in [3.63, 3.8) is 0 Å². The van der Waals surface area contributed by atoms with Crippen molar-refractivity contribution in [2.24, 2.45) is 0 Å². The van der Waals surface area contributed by atoms with Crippen LogP contribution in [0.15, 0.2) is 186 Å². The predicted molar refractivity (Wildman–Crippen MR) is 221 cm³/mol. The summed E-state index contributed by atoms with van der Waals surface area (Å²) in [6, 6.07) is 63.3. The van der Waals surface area contributed by atoms with E-state index in [0.29, 0.717) is 17.5 Å². The van der Waals surface area contributed by atoms with Crippen molar-refractivity contribution in [2.45, 2.75) is 0 Å². The van der Waals surface area contributed by atoms with Gasteiger partial charge in [-0.25, -0.2) is 15.0 Å². The average molecular weight is 691 g/mol. The van der Waals surface area contributed by atoms with Crippen LogP contribution in [0.5, 0.6) is 0 Å². The van der Waals surface area contributed by atoms with Gasteiger partial charge in [0.25, 0.3) is 0 Å². The highest BCUT2D eigenvalue weighted by atomic mass is 16.3. The quantitative estimate of drug-likeness (QED) is 0.180. The number of rotatable bonds is 5. The number of aromatic nitrogens is 4. The molecular weight excluding hydrogens is 661 g/mol. The normalized spacial score (nSPS) is 11.7. The molecule has 5 heteroatoms. The van der Waals surface area contributed by atoms with Crippen LogP contribution in [0.1, 0.15) is 0 Å². The molecule has 0 aliphatic heterocycles. The fourth-order valence-electron chi connectivity index (χ4n) is 7.88. The van der Waals surface area contributed by atoms with Crippen LogP contribution >= 0.6 is 0 Å². The van der Waals surface area contributed by atoms with Gasteiger partial charge in [-0.3, -0.25) is 0 Å². The summed E-state index contributed by atoms with van der Waals surface area (Å²) in [6.07, 6.45) is 0. The highest BCUT2D eigenvalue weighted by Gasteiger charge is 2.21. The van der Waals surface area contributed by atoms with E-state index in [1.54, 1.807) is 0 Å². The van der Waals surface area contributed by atoms with Gasteiger partial charge in [0.15, 0.2) is 17.5 Å². The molecule has 54 heavy (non-hydrogen) atoms. The SMILES string of the molecule is c1ccc(-c2nc(-c3ccccc3)nc(-c3ccc(-c4ccc(-n5c6ccccc6c6cc7ccccc7cc65)c5c4oc4ccccc45)cc3)n2)cc1. The van der Waals surface area contributed by atoms with Crippen LogP contribution in [-0.4, -0.2) is 19.5 Å². The maximum atomic E-state index is 6.77. The van der Waals surface area contributed by atoms with E-state index < -0.39 is 0 Å². The van der Waals surface area contributed by atoms with E-state index in [1.165, 1.54) is 27.1 Å². The zero-order valence-corrected chi connectivity index (χ0v) is 29.0. The molecule has 0 N–H and O–H groups in total. The Bertz CT molecular complexity index is 3140. The first-order valence-corrected chi connectivity index (χ1v) is 18.1. The molecular formula is C49H30N4O. The van der Waals surface area contributed by atoms with E-state index in [1.807, 2.05) is 66.7 Å². The monoisotopic (exact) mass is 690 g/mol. The number of hydrogen-bond acceptors (Lipinski definition) is 4. The lowest BCUT2D eigenvalue weighted by Crippen LogP contribution is -2.00. The summed E-state index contributed by atoms with van der Waals surface area (Å²) in [5, 5.41) is 7.07. The number of fused-ring (bicyclic) bond motifs is 7. The maximum Gasteiger partial charge on any atom is 0.164 e. The largest absolute Gasteiger partial charge is 0.455 e.